The Morgan fingerprint density at radius 2 is 2.75 bits per heavy atom. The first-order chi connectivity index (χ1) is 3.97. The Kier molecular flexibility index (Phi) is 1.13. The molecule has 2 rings (SSSR count). The molecule has 0 bridgehead atoms. The van der Waals surface area contributed by atoms with E-state index < -0.39 is 0 Å². The normalized spacial score (nSPS) is 15.5. The SMILES string of the molecule is B1=[As]c2pcoc2O1. The van der Waals surface area contributed by atoms with Crippen molar-refractivity contribution in [2.45, 2.75) is 0 Å². The Balaban J connectivity index is 2.67. The molecule has 2 heterocycles. The summed E-state index contributed by atoms with van der Waals surface area (Å²) >= 11 is 0.190. The second-order valence-corrected chi connectivity index (χ2v) is 4.92. The molecule has 0 atom stereocenters. The van der Waals surface area contributed by atoms with E-state index in [1.807, 2.05) is 5.75 Å². The van der Waals surface area contributed by atoms with Gasteiger partial charge in [-0.2, -0.15) is 0 Å². The summed E-state index contributed by atoms with van der Waals surface area (Å²) in [4.78, 5) is 0. The second kappa shape index (κ2) is 1.82. The molecule has 0 amide bonds. The van der Waals surface area contributed by atoms with Crippen molar-refractivity contribution in [2.75, 3.05) is 0 Å². The topological polar surface area (TPSA) is 22.4 Å². The van der Waals surface area contributed by atoms with Crippen molar-refractivity contribution >= 4 is 33.1 Å². The number of fused-ring (bicyclic) bond motifs is 1. The summed E-state index contributed by atoms with van der Waals surface area (Å²) < 4.78 is 11.3. The summed E-state index contributed by atoms with van der Waals surface area (Å²) in [6, 6.07) is 0. The van der Waals surface area contributed by atoms with E-state index in [1.54, 1.807) is 5.99 Å². The summed E-state index contributed by atoms with van der Waals surface area (Å²) in [7, 11) is 1.20. The molecule has 0 spiro atoms. The van der Waals surface area contributed by atoms with E-state index in [0.717, 1.165) is 5.95 Å². The zero-order chi connectivity index (χ0) is 5.40. The van der Waals surface area contributed by atoms with E-state index in [0.29, 0.717) is 0 Å². The van der Waals surface area contributed by atoms with Gasteiger partial charge >= 0.3 is 54.2 Å². The average molecular weight is 186 g/mol. The van der Waals surface area contributed by atoms with Crippen LogP contribution in [-0.2, 0) is 0 Å². The monoisotopic (exact) mass is 186 g/mol. The Hall–Kier alpha value is 0.133. The van der Waals surface area contributed by atoms with Gasteiger partial charge in [0.1, 0.15) is 0 Å². The summed E-state index contributed by atoms with van der Waals surface area (Å²) in [5.41, 5.74) is 0. The fourth-order valence-electron chi connectivity index (χ4n) is 0.520. The van der Waals surface area contributed by atoms with E-state index in [2.05, 4.69) is 0 Å². The van der Waals surface area contributed by atoms with Crippen LogP contribution in [0, 0.1) is 0 Å². The minimum absolute atomic E-state index is 0.190. The molecule has 1 aliphatic rings. The number of hydrogen-bond acceptors (Lipinski definition) is 2. The van der Waals surface area contributed by atoms with Crippen molar-refractivity contribution in [3.8, 4) is 5.95 Å². The van der Waals surface area contributed by atoms with Crippen molar-refractivity contribution in [3.63, 3.8) is 0 Å². The van der Waals surface area contributed by atoms with Crippen LogP contribution >= 0.6 is 8.19 Å². The fourth-order valence-corrected chi connectivity index (χ4v) is 2.97. The molecule has 0 radical (unpaired) electrons. The predicted molar refractivity (Wildman–Crippen MR) is 33.0 cm³/mol. The molecule has 0 fully saturated rings. The summed E-state index contributed by atoms with van der Waals surface area (Å²) in [6.07, 6.45) is 0. The molecule has 0 aromatic carbocycles. The van der Waals surface area contributed by atoms with Gasteiger partial charge in [0.15, 0.2) is 0 Å². The molecule has 1 aromatic heterocycles. The van der Waals surface area contributed by atoms with Gasteiger partial charge < -0.3 is 0 Å². The third kappa shape index (κ3) is 0.621. The molecular formula is C3HAsBO2P. The maximum atomic E-state index is 5.01. The van der Waals surface area contributed by atoms with Gasteiger partial charge in [0.2, 0.25) is 0 Å². The van der Waals surface area contributed by atoms with Crippen LogP contribution in [0.5, 0.6) is 5.95 Å². The van der Waals surface area contributed by atoms with Crippen molar-refractivity contribution in [1.29, 1.82) is 0 Å². The van der Waals surface area contributed by atoms with Gasteiger partial charge in [-0.3, -0.25) is 0 Å². The predicted octanol–water partition coefficient (Wildman–Crippen LogP) is 0.116. The number of rotatable bonds is 0. The van der Waals surface area contributed by atoms with Crippen LogP contribution in [0.3, 0.4) is 0 Å². The zero-order valence-corrected chi connectivity index (χ0v) is 6.64. The van der Waals surface area contributed by atoms with E-state index >= 15 is 0 Å². The van der Waals surface area contributed by atoms with Crippen molar-refractivity contribution in [1.82, 2.24) is 0 Å². The molecular weight excluding hydrogens is 185 g/mol. The molecule has 5 heteroatoms. The zero-order valence-electron chi connectivity index (χ0n) is 3.87. The van der Waals surface area contributed by atoms with Crippen molar-refractivity contribution in [3.05, 3.63) is 5.99 Å². The molecule has 0 aliphatic carbocycles. The summed E-state index contributed by atoms with van der Waals surface area (Å²) in [5, 5.41) is 0. The van der Waals surface area contributed by atoms with E-state index in [9.17, 15) is 0 Å². The Morgan fingerprint density at radius 3 is 3.62 bits per heavy atom. The molecule has 0 N–H and O–H groups in total. The molecule has 0 unspecified atom stereocenters. The molecule has 0 saturated carbocycles. The van der Waals surface area contributed by atoms with Gasteiger partial charge in [0.25, 0.3) is 0 Å². The van der Waals surface area contributed by atoms with E-state index in [4.69, 9.17) is 9.07 Å². The fraction of sp³-hybridized carbons (Fsp3) is 0. The Labute approximate surface area is 54.6 Å². The third-order valence-corrected chi connectivity index (χ3v) is 4.16. The number of hydrogen-bond donors (Lipinski definition) is 0. The first-order valence-electron chi connectivity index (χ1n) is 2.09. The van der Waals surface area contributed by atoms with Gasteiger partial charge in [-0.05, 0) is 0 Å². The van der Waals surface area contributed by atoms with E-state index in [1.165, 1.54) is 12.3 Å². The van der Waals surface area contributed by atoms with Crippen molar-refractivity contribution < 1.29 is 9.07 Å². The maximum absolute atomic E-state index is 5.01. The van der Waals surface area contributed by atoms with Crippen LogP contribution in [0.2, 0.25) is 0 Å². The van der Waals surface area contributed by atoms with E-state index in [-0.39, 0.29) is 15.1 Å². The van der Waals surface area contributed by atoms with Gasteiger partial charge in [0.05, 0.1) is 0 Å². The molecule has 38 valence electrons. The van der Waals surface area contributed by atoms with Crippen LogP contribution < -0.4 is 8.74 Å². The Bertz CT molecular complexity index is 233. The molecule has 8 heavy (non-hydrogen) atoms. The second-order valence-electron chi connectivity index (χ2n) is 1.32. The van der Waals surface area contributed by atoms with Crippen LogP contribution in [0.15, 0.2) is 10.4 Å². The Morgan fingerprint density at radius 1 is 1.75 bits per heavy atom. The summed E-state index contributed by atoms with van der Waals surface area (Å²) in [6.45, 7) is 0. The molecule has 1 aliphatic heterocycles. The van der Waals surface area contributed by atoms with Gasteiger partial charge in [0, 0.05) is 0 Å². The van der Waals surface area contributed by atoms with Gasteiger partial charge in [-0.25, -0.2) is 0 Å². The van der Waals surface area contributed by atoms with Crippen LogP contribution in [0.1, 0.15) is 0 Å². The van der Waals surface area contributed by atoms with Gasteiger partial charge in [-0.15, -0.1) is 0 Å². The summed E-state index contributed by atoms with van der Waals surface area (Å²) in [5.74, 6) is 4.35. The average Bonchev–Trinajstić information content (AvgIpc) is 2.15. The molecule has 1 aromatic rings. The van der Waals surface area contributed by atoms with Crippen LogP contribution in [0.4, 0.5) is 0 Å². The van der Waals surface area contributed by atoms with Gasteiger partial charge in [-0.1, -0.05) is 0 Å². The van der Waals surface area contributed by atoms with Crippen LogP contribution in [0.25, 0.3) is 0 Å². The third-order valence-electron chi connectivity index (χ3n) is 0.852. The first kappa shape index (κ1) is 4.96. The van der Waals surface area contributed by atoms with Crippen LogP contribution in [-0.4, -0.2) is 20.9 Å². The minimum atomic E-state index is 0.190. The quantitative estimate of drug-likeness (QED) is 0.536. The molecule has 0 saturated heterocycles. The first-order valence-corrected chi connectivity index (χ1v) is 5.08. The molecule has 2 nitrogen and oxygen atoms in total. The van der Waals surface area contributed by atoms with Crippen molar-refractivity contribution in [2.24, 2.45) is 0 Å². The standard InChI is InChI=1S/C3HAsBO2P/c1-6-3-2(8-1)4-5-7-3/h1H.